The lowest BCUT2D eigenvalue weighted by atomic mass is 10.0. The van der Waals surface area contributed by atoms with E-state index in [2.05, 4.69) is 10.6 Å². The molecule has 154 valence electrons. The van der Waals surface area contributed by atoms with Crippen LogP contribution in [0.5, 0.6) is 0 Å². The zero-order chi connectivity index (χ0) is 21.5. The number of anilines is 1. The fourth-order valence-corrected chi connectivity index (χ4v) is 3.37. The van der Waals surface area contributed by atoms with Crippen molar-refractivity contribution in [3.8, 4) is 0 Å². The summed E-state index contributed by atoms with van der Waals surface area (Å²) in [6, 6.07) is 24.5. The molecule has 2 N–H and O–H groups in total. The zero-order valence-electron chi connectivity index (χ0n) is 17.6. The van der Waals surface area contributed by atoms with Gasteiger partial charge in [0.05, 0.1) is 0 Å². The molecule has 30 heavy (non-hydrogen) atoms. The number of aryl methyl sites for hydroxylation is 1. The van der Waals surface area contributed by atoms with Gasteiger partial charge < -0.3 is 10.6 Å². The molecule has 0 aliphatic carbocycles. The maximum absolute atomic E-state index is 13.2. The third kappa shape index (κ3) is 5.33. The van der Waals surface area contributed by atoms with E-state index in [-0.39, 0.29) is 11.8 Å². The van der Waals surface area contributed by atoms with Gasteiger partial charge in [-0.25, -0.2) is 0 Å². The predicted molar refractivity (Wildman–Crippen MR) is 120 cm³/mol. The average Bonchev–Trinajstić information content (AvgIpc) is 2.76. The number of carbonyl (C=O) groups excluding carboxylic acids is 2. The highest BCUT2D eigenvalue weighted by atomic mass is 16.2. The van der Waals surface area contributed by atoms with E-state index in [1.54, 1.807) is 19.2 Å². The molecule has 0 bridgehead atoms. The summed E-state index contributed by atoms with van der Waals surface area (Å²) in [6.07, 6.45) is 0. The van der Waals surface area contributed by atoms with Crippen LogP contribution < -0.4 is 10.6 Å². The minimum Gasteiger partial charge on any atom is -0.355 e. The molecule has 1 unspecified atom stereocenters. The van der Waals surface area contributed by atoms with E-state index in [0.29, 0.717) is 12.1 Å². The average molecular weight is 402 g/mol. The fraction of sp³-hybridized carbons (Fsp3) is 0.200. The van der Waals surface area contributed by atoms with Gasteiger partial charge in [-0.15, -0.1) is 0 Å². The van der Waals surface area contributed by atoms with Gasteiger partial charge in [-0.1, -0.05) is 60.2 Å². The van der Waals surface area contributed by atoms with Gasteiger partial charge in [-0.05, 0) is 49.4 Å². The number of benzene rings is 3. The molecule has 0 heterocycles. The van der Waals surface area contributed by atoms with Crippen molar-refractivity contribution in [3.63, 3.8) is 0 Å². The maximum Gasteiger partial charge on any atom is 0.251 e. The Morgan fingerprint density at radius 2 is 1.53 bits per heavy atom. The van der Waals surface area contributed by atoms with Crippen LogP contribution >= 0.6 is 0 Å². The summed E-state index contributed by atoms with van der Waals surface area (Å²) < 4.78 is 0. The largest absolute Gasteiger partial charge is 0.355 e. The molecule has 0 saturated heterocycles. The number of rotatable bonds is 7. The van der Waals surface area contributed by atoms with Crippen LogP contribution in [-0.2, 0) is 11.3 Å². The Balaban J connectivity index is 1.80. The van der Waals surface area contributed by atoms with Crippen LogP contribution in [0.2, 0.25) is 0 Å². The van der Waals surface area contributed by atoms with Gasteiger partial charge in [0.2, 0.25) is 5.91 Å². The van der Waals surface area contributed by atoms with Gasteiger partial charge >= 0.3 is 0 Å². The molecule has 0 aromatic heterocycles. The van der Waals surface area contributed by atoms with Gasteiger partial charge in [-0.2, -0.15) is 0 Å². The normalized spacial score (nSPS) is 11.7. The summed E-state index contributed by atoms with van der Waals surface area (Å²) in [5, 5.41) is 5.65. The molecule has 3 rings (SSSR count). The highest BCUT2D eigenvalue weighted by Gasteiger charge is 2.25. The molecule has 3 aromatic rings. The van der Waals surface area contributed by atoms with E-state index >= 15 is 0 Å². The topological polar surface area (TPSA) is 61.4 Å². The molecule has 1 atom stereocenters. The van der Waals surface area contributed by atoms with Gasteiger partial charge in [0, 0.05) is 24.8 Å². The van der Waals surface area contributed by atoms with Crippen molar-refractivity contribution < 1.29 is 9.59 Å². The van der Waals surface area contributed by atoms with Crippen LogP contribution in [0, 0.1) is 6.92 Å². The van der Waals surface area contributed by atoms with E-state index in [1.807, 2.05) is 85.6 Å². The number of likely N-dealkylation sites (N-methyl/N-ethyl adjacent to an activating group) is 1. The zero-order valence-corrected chi connectivity index (χ0v) is 17.6. The van der Waals surface area contributed by atoms with Crippen molar-refractivity contribution in [3.05, 3.63) is 101 Å². The van der Waals surface area contributed by atoms with Gasteiger partial charge in [0.1, 0.15) is 6.04 Å². The first-order valence-corrected chi connectivity index (χ1v) is 9.91. The lowest BCUT2D eigenvalue weighted by molar-refractivity contribution is -0.121. The fourth-order valence-electron chi connectivity index (χ4n) is 3.37. The van der Waals surface area contributed by atoms with E-state index in [0.717, 1.165) is 22.4 Å². The number of hydrogen-bond acceptors (Lipinski definition) is 3. The SMILES string of the molecule is CNC(=O)c1ccc(CN(C)C(C(=O)Nc2ccc(C)cc2)c2ccccc2)cc1. The molecule has 0 radical (unpaired) electrons. The van der Waals surface area contributed by atoms with Crippen LogP contribution in [0.15, 0.2) is 78.9 Å². The van der Waals surface area contributed by atoms with E-state index in [9.17, 15) is 9.59 Å². The highest BCUT2D eigenvalue weighted by molar-refractivity contribution is 5.95. The predicted octanol–water partition coefficient (Wildman–Crippen LogP) is 4.17. The molecule has 5 heteroatoms. The highest BCUT2D eigenvalue weighted by Crippen LogP contribution is 2.24. The lowest BCUT2D eigenvalue weighted by Gasteiger charge is -2.28. The van der Waals surface area contributed by atoms with Crippen LogP contribution in [0.3, 0.4) is 0 Å². The van der Waals surface area contributed by atoms with Crippen molar-refractivity contribution in [2.75, 3.05) is 19.4 Å². The molecular formula is C25H27N3O2. The minimum atomic E-state index is -0.453. The number of hydrogen-bond donors (Lipinski definition) is 2. The molecule has 0 fully saturated rings. The second kappa shape index (κ2) is 9.85. The molecule has 0 aliphatic rings. The first-order valence-electron chi connectivity index (χ1n) is 9.91. The number of amides is 2. The number of carbonyl (C=O) groups is 2. The second-order valence-electron chi connectivity index (χ2n) is 7.36. The van der Waals surface area contributed by atoms with Crippen LogP contribution in [0.1, 0.15) is 33.1 Å². The summed E-state index contributed by atoms with van der Waals surface area (Å²) in [6.45, 7) is 2.58. The molecular weight excluding hydrogens is 374 g/mol. The lowest BCUT2D eigenvalue weighted by Crippen LogP contribution is -2.34. The summed E-state index contributed by atoms with van der Waals surface area (Å²) in [5.41, 5.74) is 4.47. The Kier molecular flexibility index (Phi) is 6.99. The Morgan fingerprint density at radius 3 is 2.13 bits per heavy atom. The summed E-state index contributed by atoms with van der Waals surface area (Å²) in [4.78, 5) is 27.0. The quantitative estimate of drug-likeness (QED) is 0.625. The number of nitrogens with one attached hydrogen (secondary N) is 2. The number of nitrogens with zero attached hydrogens (tertiary/aromatic N) is 1. The van der Waals surface area contributed by atoms with Crippen LogP contribution in [-0.4, -0.2) is 30.8 Å². The smallest absolute Gasteiger partial charge is 0.251 e. The van der Waals surface area contributed by atoms with Crippen molar-refractivity contribution in [1.82, 2.24) is 10.2 Å². The Morgan fingerprint density at radius 1 is 0.900 bits per heavy atom. The third-order valence-electron chi connectivity index (χ3n) is 5.00. The van der Waals surface area contributed by atoms with Crippen molar-refractivity contribution in [1.29, 1.82) is 0 Å². The summed E-state index contributed by atoms with van der Waals surface area (Å²) >= 11 is 0. The van der Waals surface area contributed by atoms with Crippen molar-refractivity contribution >= 4 is 17.5 Å². The minimum absolute atomic E-state index is 0.0884. The summed E-state index contributed by atoms with van der Waals surface area (Å²) in [5.74, 6) is -0.205. The molecule has 2 amide bonds. The molecule has 0 aliphatic heterocycles. The van der Waals surface area contributed by atoms with Gasteiger partial charge in [0.25, 0.3) is 5.91 Å². The maximum atomic E-state index is 13.2. The van der Waals surface area contributed by atoms with Crippen molar-refractivity contribution in [2.45, 2.75) is 19.5 Å². The molecule has 0 saturated carbocycles. The summed E-state index contributed by atoms with van der Waals surface area (Å²) in [7, 11) is 3.54. The van der Waals surface area contributed by atoms with Gasteiger partial charge in [0.15, 0.2) is 0 Å². The Bertz CT molecular complexity index is 983. The molecule has 5 nitrogen and oxygen atoms in total. The monoisotopic (exact) mass is 401 g/mol. The van der Waals surface area contributed by atoms with Gasteiger partial charge in [-0.3, -0.25) is 14.5 Å². The molecule has 3 aromatic carbocycles. The Labute approximate surface area is 177 Å². The Hall–Kier alpha value is -3.44. The van der Waals surface area contributed by atoms with Crippen molar-refractivity contribution in [2.24, 2.45) is 0 Å². The van der Waals surface area contributed by atoms with E-state index in [1.165, 1.54) is 0 Å². The van der Waals surface area contributed by atoms with Crippen LogP contribution in [0.4, 0.5) is 5.69 Å². The third-order valence-corrected chi connectivity index (χ3v) is 5.00. The standard InChI is InChI=1S/C25H27N3O2/c1-18-9-15-22(16-10-18)27-25(30)23(20-7-5-4-6-8-20)28(3)17-19-11-13-21(14-12-19)24(29)26-2/h4-16,23H,17H2,1-3H3,(H,26,29)(H,27,30). The molecule has 0 spiro atoms. The van der Waals surface area contributed by atoms with Crippen LogP contribution in [0.25, 0.3) is 0 Å². The first kappa shape index (κ1) is 21.3. The first-order chi connectivity index (χ1) is 14.5. The van der Waals surface area contributed by atoms with E-state index in [4.69, 9.17) is 0 Å². The van der Waals surface area contributed by atoms with E-state index < -0.39 is 6.04 Å². The second-order valence-corrected chi connectivity index (χ2v) is 7.36.